The van der Waals surface area contributed by atoms with Crippen LogP contribution in [0.5, 0.6) is 0 Å². The molecule has 3 unspecified atom stereocenters. The van der Waals surface area contributed by atoms with Gasteiger partial charge in [0.2, 0.25) is 10.0 Å². The largest absolute Gasteiger partial charge is 0.349 e. The van der Waals surface area contributed by atoms with E-state index < -0.39 is 10.0 Å². The molecule has 0 aliphatic heterocycles. The maximum atomic E-state index is 12.3. The Hall–Kier alpha value is -1.40. The minimum atomic E-state index is -3.52. The first-order chi connectivity index (χ1) is 9.99. The standard InChI is InChI=1S/C15H20N2O3S/c1-16-21(19,20)13-4-2-3-12(9-13)15(18)17-14-8-10-5-6-11(14)7-10/h2-4,9-11,14,16H,5-8H2,1H3,(H,17,18). The fourth-order valence-electron chi connectivity index (χ4n) is 3.60. The smallest absolute Gasteiger partial charge is 0.251 e. The Morgan fingerprint density at radius 3 is 2.67 bits per heavy atom. The molecule has 1 aromatic rings. The molecule has 0 aromatic heterocycles. The molecule has 114 valence electrons. The average Bonchev–Trinajstić information content (AvgIpc) is 3.10. The van der Waals surface area contributed by atoms with E-state index in [9.17, 15) is 13.2 Å². The van der Waals surface area contributed by atoms with E-state index in [-0.39, 0.29) is 16.8 Å². The summed E-state index contributed by atoms with van der Waals surface area (Å²) >= 11 is 0. The topological polar surface area (TPSA) is 75.3 Å². The van der Waals surface area contributed by atoms with Crippen LogP contribution >= 0.6 is 0 Å². The van der Waals surface area contributed by atoms with Gasteiger partial charge >= 0.3 is 0 Å². The highest BCUT2D eigenvalue weighted by Crippen LogP contribution is 2.44. The molecule has 0 saturated heterocycles. The molecule has 5 nitrogen and oxygen atoms in total. The van der Waals surface area contributed by atoms with Gasteiger partial charge in [-0.05, 0) is 56.3 Å². The summed E-state index contributed by atoms with van der Waals surface area (Å²) < 4.78 is 25.8. The van der Waals surface area contributed by atoms with E-state index in [4.69, 9.17) is 0 Å². The molecule has 2 aliphatic carbocycles. The van der Waals surface area contributed by atoms with Crippen LogP contribution in [-0.4, -0.2) is 27.4 Å². The van der Waals surface area contributed by atoms with Gasteiger partial charge < -0.3 is 5.32 Å². The van der Waals surface area contributed by atoms with Crippen molar-refractivity contribution in [1.82, 2.24) is 10.0 Å². The van der Waals surface area contributed by atoms with E-state index >= 15 is 0 Å². The molecule has 2 bridgehead atoms. The molecule has 0 heterocycles. The Bertz CT molecular complexity index is 657. The minimum Gasteiger partial charge on any atom is -0.349 e. The van der Waals surface area contributed by atoms with Crippen LogP contribution in [0.3, 0.4) is 0 Å². The van der Waals surface area contributed by atoms with Crippen molar-refractivity contribution in [1.29, 1.82) is 0 Å². The summed E-state index contributed by atoms with van der Waals surface area (Å²) in [4.78, 5) is 12.4. The molecule has 2 N–H and O–H groups in total. The molecule has 1 amide bonds. The summed E-state index contributed by atoms with van der Waals surface area (Å²) in [7, 11) is -2.16. The van der Waals surface area contributed by atoms with Gasteiger partial charge in [0, 0.05) is 11.6 Å². The second kappa shape index (κ2) is 5.42. The third kappa shape index (κ3) is 2.82. The molecule has 3 rings (SSSR count). The van der Waals surface area contributed by atoms with E-state index in [1.807, 2.05) is 0 Å². The van der Waals surface area contributed by atoms with Crippen molar-refractivity contribution >= 4 is 15.9 Å². The number of hydrogen-bond donors (Lipinski definition) is 2. The molecular formula is C15H20N2O3S. The number of carbonyl (C=O) groups excluding carboxylic acids is 1. The maximum Gasteiger partial charge on any atom is 0.251 e. The van der Waals surface area contributed by atoms with Gasteiger partial charge in [-0.15, -0.1) is 0 Å². The van der Waals surface area contributed by atoms with Gasteiger partial charge in [-0.3, -0.25) is 4.79 Å². The zero-order chi connectivity index (χ0) is 15.0. The van der Waals surface area contributed by atoms with Crippen molar-refractivity contribution in [3.05, 3.63) is 29.8 Å². The van der Waals surface area contributed by atoms with Crippen molar-refractivity contribution in [2.24, 2.45) is 11.8 Å². The molecule has 0 spiro atoms. The number of nitrogens with one attached hydrogen (secondary N) is 2. The summed E-state index contributed by atoms with van der Waals surface area (Å²) in [5, 5.41) is 3.07. The Morgan fingerprint density at radius 1 is 1.24 bits per heavy atom. The molecule has 2 saturated carbocycles. The molecule has 21 heavy (non-hydrogen) atoms. The van der Waals surface area contributed by atoms with Crippen LogP contribution in [0.1, 0.15) is 36.0 Å². The fraction of sp³-hybridized carbons (Fsp3) is 0.533. The van der Waals surface area contributed by atoms with E-state index in [2.05, 4.69) is 10.0 Å². The number of benzene rings is 1. The highest BCUT2D eigenvalue weighted by atomic mass is 32.2. The Morgan fingerprint density at radius 2 is 2.05 bits per heavy atom. The van der Waals surface area contributed by atoms with E-state index in [0.29, 0.717) is 11.5 Å². The first kappa shape index (κ1) is 14.5. The molecule has 2 fully saturated rings. The second-order valence-electron chi connectivity index (χ2n) is 5.99. The van der Waals surface area contributed by atoms with Crippen LogP contribution in [-0.2, 0) is 10.0 Å². The van der Waals surface area contributed by atoms with Gasteiger partial charge in [0.1, 0.15) is 0 Å². The van der Waals surface area contributed by atoms with Crippen LogP contribution in [0.15, 0.2) is 29.2 Å². The first-order valence-corrected chi connectivity index (χ1v) is 8.82. The van der Waals surface area contributed by atoms with E-state index in [1.165, 1.54) is 38.4 Å². The minimum absolute atomic E-state index is 0.116. The van der Waals surface area contributed by atoms with Gasteiger partial charge in [-0.25, -0.2) is 13.1 Å². The number of rotatable bonds is 4. The highest BCUT2D eigenvalue weighted by molar-refractivity contribution is 7.89. The van der Waals surface area contributed by atoms with E-state index in [0.717, 1.165) is 12.3 Å². The van der Waals surface area contributed by atoms with Gasteiger partial charge in [-0.2, -0.15) is 0 Å². The maximum absolute atomic E-state index is 12.3. The van der Waals surface area contributed by atoms with Crippen LogP contribution in [0.4, 0.5) is 0 Å². The molecule has 3 atom stereocenters. The lowest BCUT2D eigenvalue weighted by Crippen LogP contribution is -2.38. The molecule has 0 radical (unpaired) electrons. The summed E-state index contributed by atoms with van der Waals surface area (Å²) in [5.74, 6) is 1.18. The second-order valence-corrected chi connectivity index (χ2v) is 7.88. The van der Waals surface area contributed by atoms with Crippen molar-refractivity contribution in [2.75, 3.05) is 7.05 Å². The van der Waals surface area contributed by atoms with Crippen LogP contribution in [0, 0.1) is 11.8 Å². The summed E-state index contributed by atoms with van der Waals surface area (Å²) in [6, 6.07) is 6.41. The van der Waals surface area contributed by atoms with Crippen LogP contribution in [0.2, 0.25) is 0 Å². The first-order valence-electron chi connectivity index (χ1n) is 7.34. The van der Waals surface area contributed by atoms with Crippen LogP contribution in [0.25, 0.3) is 0 Å². The average molecular weight is 308 g/mol. The van der Waals surface area contributed by atoms with Crippen LogP contribution < -0.4 is 10.0 Å². The SMILES string of the molecule is CNS(=O)(=O)c1cccc(C(=O)NC2CC3CCC2C3)c1. The number of hydrogen-bond acceptors (Lipinski definition) is 3. The quantitative estimate of drug-likeness (QED) is 0.885. The van der Waals surface area contributed by atoms with Gasteiger partial charge in [0.05, 0.1) is 4.90 Å². The summed E-state index contributed by atoms with van der Waals surface area (Å²) in [6.07, 6.45) is 4.76. The van der Waals surface area contributed by atoms with Crippen molar-refractivity contribution in [3.8, 4) is 0 Å². The Kier molecular flexibility index (Phi) is 3.75. The number of fused-ring (bicyclic) bond motifs is 2. The predicted molar refractivity (Wildman–Crippen MR) is 79.4 cm³/mol. The molecular weight excluding hydrogens is 288 g/mol. The normalized spacial score (nSPS) is 27.8. The Balaban J connectivity index is 1.75. The number of sulfonamides is 1. The summed E-state index contributed by atoms with van der Waals surface area (Å²) in [5.41, 5.74) is 0.397. The molecule has 2 aliphatic rings. The third-order valence-electron chi connectivity index (χ3n) is 4.73. The third-order valence-corrected chi connectivity index (χ3v) is 6.14. The number of amides is 1. The molecule has 6 heteroatoms. The zero-order valence-corrected chi connectivity index (χ0v) is 12.8. The zero-order valence-electron chi connectivity index (χ0n) is 12.0. The monoisotopic (exact) mass is 308 g/mol. The predicted octanol–water partition coefficient (Wildman–Crippen LogP) is 1.51. The molecule has 1 aromatic carbocycles. The van der Waals surface area contributed by atoms with Crippen molar-refractivity contribution in [2.45, 2.75) is 36.6 Å². The number of carbonyl (C=O) groups is 1. The lowest BCUT2D eigenvalue weighted by Gasteiger charge is -2.23. The highest BCUT2D eigenvalue weighted by Gasteiger charge is 2.40. The lowest BCUT2D eigenvalue weighted by atomic mass is 9.95. The van der Waals surface area contributed by atoms with Gasteiger partial charge in [0.25, 0.3) is 5.91 Å². The lowest BCUT2D eigenvalue weighted by molar-refractivity contribution is 0.0922. The van der Waals surface area contributed by atoms with Crippen molar-refractivity contribution in [3.63, 3.8) is 0 Å². The van der Waals surface area contributed by atoms with Crippen molar-refractivity contribution < 1.29 is 13.2 Å². The fourth-order valence-corrected chi connectivity index (χ4v) is 4.37. The van der Waals surface area contributed by atoms with Gasteiger partial charge in [0.15, 0.2) is 0 Å². The van der Waals surface area contributed by atoms with E-state index in [1.54, 1.807) is 12.1 Å². The Labute approximate surface area is 125 Å². The van der Waals surface area contributed by atoms with Gasteiger partial charge in [-0.1, -0.05) is 12.5 Å². The summed E-state index contributed by atoms with van der Waals surface area (Å²) in [6.45, 7) is 0.